The Balaban J connectivity index is 2.78. The molecule has 0 atom stereocenters. The summed E-state index contributed by atoms with van der Waals surface area (Å²) in [7, 11) is 1.81. The highest BCUT2D eigenvalue weighted by atomic mass is 19.3. The lowest BCUT2D eigenvalue weighted by atomic mass is 10.1. The van der Waals surface area contributed by atoms with Gasteiger partial charge < -0.3 is 5.32 Å². The second kappa shape index (κ2) is 4.92. The number of likely N-dealkylation sites (N-methyl/N-ethyl adjacent to an activating group) is 1. The van der Waals surface area contributed by atoms with Crippen LogP contribution in [0.25, 0.3) is 0 Å². The molecule has 1 N–H and O–H groups in total. The molecule has 0 aromatic heterocycles. The first-order chi connectivity index (χ1) is 6.25. The van der Waals surface area contributed by atoms with Crippen LogP contribution in [0.2, 0.25) is 0 Å². The van der Waals surface area contributed by atoms with Gasteiger partial charge >= 0.3 is 0 Å². The molecule has 0 amide bonds. The summed E-state index contributed by atoms with van der Waals surface area (Å²) in [4.78, 5) is 0. The molecule has 0 bridgehead atoms. The lowest BCUT2D eigenvalue weighted by molar-refractivity contribution is 0.150. The van der Waals surface area contributed by atoms with Crippen LogP contribution in [0.1, 0.15) is 17.6 Å². The minimum absolute atomic E-state index is 0.151. The lowest BCUT2D eigenvalue weighted by Crippen LogP contribution is -2.11. The monoisotopic (exact) mass is 185 g/mol. The van der Waals surface area contributed by atoms with Crippen LogP contribution in [0.4, 0.5) is 8.78 Å². The Morgan fingerprint density at radius 2 is 2.00 bits per heavy atom. The number of benzene rings is 1. The Labute approximate surface area is 76.8 Å². The van der Waals surface area contributed by atoms with Gasteiger partial charge in [0.2, 0.25) is 0 Å². The number of nitrogens with one attached hydrogen (secondary N) is 1. The predicted octanol–water partition coefficient (Wildman–Crippen LogP) is 2.39. The molecule has 1 rings (SSSR count). The molecule has 0 saturated heterocycles. The van der Waals surface area contributed by atoms with Gasteiger partial charge in [-0.15, -0.1) is 0 Å². The van der Waals surface area contributed by atoms with Crippen LogP contribution in [0, 0.1) is 0 Å². The summed E-state index contributed by atoms with van der Waals surface area (Å²) in [5, 5.41) is 2.94. The highest BCUT2D eigenvalue weighted by Crippen LogP contribution is 2.22. The summed E-state index contributed by atoms with van der Waals surface area (Å²) in [6.07, 6.45) is -1.72. The molecule has 0 radical (unpaired) electrons. The molecule has 72 valence electrons. The summed E-state index contributed by atoms with van der Waals surface area (Å²) < 4.78 is 24.9. The Kier molecular flexibility index (Phi) is 3.83. The predicted molar refractivity (Wildman–Crippen MR) is 49.0 cm³/mol. The Morgan fingerprint density at radius 3 is 2.62 bits per heavy atom. The first-order valence-corrected chi connectivity index (χ1v) is 4.26. The van der Waals surface area contributed by atoms with Gasteiger partial charge in [-0.1, -0.05) is 24.3 Å². The number of halogens is 2. The molecule has 0 aliphatic carbocycles. The topological polar surface area (TPSA) is 12.0 Å². The van der Waals surface area contributed by atoms with E-state index in [-0.39, 0.29) is 5.56 Å². The van der Waals surface area contributed by atoms with E-state index >= 15 is 0 Å². The minimum Gasteiger partial charge on any atom is -0.319 e. The van der Waals surface area contributed by atoms with E-state index in [9.17, 15) is 8.78 Å². The smallest absolute Gasteiger partial charge is 0.264 e. The van der Waals surface area contributed by atoms with Gasteiger partial charge in [-0.3, -0.25) is 0 Å². The second-order valence-electron chi connectivity index (χ2n) is 2.85. The largest absolute Gasteiger partial charge is 0.319 e. The van der Waals surface area contributed by atoms with Crippen molar-refractivity contribution in [1.82, 2.24) is 5.32 Å². The lowest BCUT2D eigenvalue weighted by Gasteiger charge is -2.07. The van der Waals surface area contributed by atoms with Crippen molar-refractivity contribution in [2.75, 3.05) is 13.6 Å². The number of alkyl halides is 2. The van der Waals surface area contributed by atoms with Gasteiger partial charge in [-0.05, 0) is 25.6 Å². The van der Waals surface area contributed by atoms with Crippen molar-refractivity contribution in [3.05, 3.63) is 35.4 Å². The van der Waals surface area contributed by atoms with Crippen molar-refractivity contribution in [3.8, 4) is 0 Å². The Morgan fingerprint density at radius 1 is 1.31 bits per heavy atom. The van der Waals surface area contributed by atoms with Gasteiger partial charge in [-0.25, -0.2) is 8.78 Å². The summed E-state index contributed by atoms with van der Waals surface area (Å²) in [5.41, 5.74) is 0.879. The van der Waals surface area contributed by atoms with E-state index in [1.807, 2.05) is 7.05 Å². The molecular formula is C10H13F2N. The fourth-order valence-corrected chi connectivity index (χ4v) is 1.23. The summed E-state index contributed by atoms with van der Waals surface area (Å²) in [6.45, 7) is 0.726. The molecule has 0 heterocycles. The molecule has 0 aliphatic heterocycles. The maximum Gasteiger partial charge on any atom is 0.264 e. The molecule has 0 aliphatic rings. The van der Waals surface area contributed by atoms with Crippen LogP contribution in [-0.2, 0) is 6.42 Å². The zero-order valence-electron chi connectivity index (χ0n) is 7.56. The Hall–Kier alpha value is -0.960. The highest BCUT2D eigenvalue weighted by Gasteiger charge is 2.10. The summed E-state index contributed by atoms with van der Waals surface area (Å²) >= 11 is 0. The quantitative estimate of drug-likeness (QED) is 0.759. The molecule has 1 aromatic carbocycles. The van der Waals surface area contributed by atoms with E-state index < -0.39 is 6.43 Å². The first-order valence-electron chi connectivity index (χ1n) is 4.26. The van der Waals surface area contributed by atoms with Crippen LogP contribution in [0.3, 0.4) is 0 Å². The van der Waals surface area contributed by atoms with E-state index in [2.05, 4.69) is 5.32 Å². The SMILES string of the molecule is CNCCc1ccccc1C(F)F. The van der Waals surface area contributed by atoms with E-state index in [0.29, 0.717) is 6.42 Å². The highest BCUT2D eigenvalue weighted by molar-refractivity contribution is 5.28. The van der Waals surface area contributed by atoms with Crippen LogP contribution in [0.15, 0.2) is 24.3 Å². The van der Waals surface area contributed by atoms with E-state index in [1.54, 1.807) is 18.2 Å². The Bertz CT molecular complexity index is 261. The third-order valence-corrected chi connectivity index (χ3v) is 1.93. The van der Waals surface area contributed by atoms with Crippen LogP contribution >= 0.6 is 0 Å². The van der Waals surface area contributed by atoms with E-state index in [4.69, 9.17) is 0 Å². The van der Waals surface area contributed by atoms with Gasteiger partial charge in [0, 0.05) is 5.56 Å². The van der Waals surface area contributed by atoms with Crippen LogP contribution < -0.4 is 5.32 Å². The van der Waals surface area contributed by atoms with Crippen LogP contribution in [0.5, 0.6) is 0 Å². The van der Waals surface area contributed by atoms with Crippen molar-refractivity contribution in [1.29, 1.82) is 0 Å². The van der Waals surface area contributed by atoms with Crippen molar-refractivity contribution in [2.45, 2.75) is 12.8 Å². The number of hydrogen-bond donors (Lipinski definition) is 1. The molecule has 0 fully saturated rings. The molecule has 1 aromatic rings. The van der Waals surface area contributed by atoms with Crippen molar-refractivity contribution < 1.29 is 8.78 Å². The van der Waals surface area contributed by atoms with Gasteiger partial charge in [0.25, 0.3) is 6.43 Å². The molecule has 13 heavy (non-hydrogen) atoms. The van der Waals surface area contributed by atoms with Gasteiger partial charge in [0.15, 0.2) is 0 Å². The number of rotatable bonds is 4. The van der Waals surface area contributed by atoms with Gasteiger partial charge in [0.1, 0.15) is 0 Å². The average molecular weight is 185 g/mol. The first kappa shape index (κ1) is 10.1. The zero-order valence-corrected chi connectivity index (χ0v) is 7.56. The molecule has 1 nitrogen and oxygen atoms in total. The van der Waals surface area contributed by atoms with Crippen molar-refractivity contribution in [3.63, 3.8) is 0 Å². The average Bonchev–Trinajstić information content (AvgIpc) is 2.15. The van der Waals surface area contributed by atoms with E-state index in [0.717, 1.165) is 12.1 Å². The molecule has 0 saturated carbocycles. The maximum atomic E-state index is 12.4. The third-order valence-electron chi connectivity index (χ3n) is 1.93. The fraction of sp³-hybridized carbons (Fsp3) is 0.400. The molecule has 0 unspecified atom stereocenters. The summed E-state index contributed by atoms with van der Waals surface area (Å²) in [6, 6.07) is 6.66. The standard InChI is InChI=1S/C10H13F2N/c1-13-7-6-8-4-2-3-5-9(8)10(11)12/h2-5,10,13H,6-7H2,1H3. The third kappa shape index (κ3) is 2.77. The van der Waals surface area contributed by atoms with E-state index in [1.165, 1.54) is 6.07 Å². The second-order valence-corrected chi connectivity index (χ2v) is 2.85. The van der Waals surface area contributed by atoms with Gasteiger partial charge in [-0.2, -0.15) is 0 Å². The maximum absolute atomic E-state index is 12.4. The molecule has 0 spiro atoms. The molecular weight excluding hydrogens is 172 g/mol. The minimum atomic E-state index is -2.37. The number of hydrogen-bond acceptors (Lipinski definition) is 1. The zero-order chi connectivity index (χ0) is 9.68. The molecule has 3 heteroatoms. The fourth-order valence-electron chi connectivity index (χ4n) is 1.23. The van der Waals surface area contributed by atoms with Crippen molar-refractivity contribution >= 4 is 0 Å². The normalized spacial score (nSPS) is 10.8. The van der Waals surface area contributed by atoms with Crippen LogP contribution in [-0.4, -0.2) is 13.6 Å². The van der Waals surface area contributed by atoms with Gasteiger partial charge in [0.05, 0.1) is 0 Å². The summed E-state index contributed by atoms with van der Waals surface area (Å²) in [5.74, 6) is 0. The van der Waals surface area contributed by atoms with Crippen molar-refractivity contribution in [2.24, 2.45) is 0 Å².